The molecule has 0 aliphatic rings. The SMILES string of the molecule is C=O.CC(C)(O)N(CO)CO. The Morgan fingerprint density at radius 3 is 1.55 bits per heavy atom. The zero-order valence-corrected chi connectivity index (χ0v) is 6.82. The molecule has 0 aliphatic heterocycles. The number of aliphatic hydroxyl groups excluding tert-OH is 2. The summed E-state index contributed by atoms with van der Waals surface area (Å²) < 4.78 is 0. The highest BCUT2D eigenvalue weighted by atomic mass is 16.4. The van der Waals surface area contributed by atoms with Gasteiger partial charge in [0, 0.05) is 0 Å². The number of carbonyl (C=O) groups excluding carboxylic acids is 1. The van der Waals surface area contributed by atoms with Crippen LogP contribution in [-0.2, 0) is 4.79 Å². The van der Waals surface area contributed by atoms with Crippen LogP contribution in [0.4, 0.5) is 0 Å². The van der Waals surface area contributed by atoms with Crippen molar-refractivity contribution in [2.75, 3.05) is 13.5 Å². The van der Waals surface area contributed by atoms with Gasteiger partial charge in [0.15, 0.2) is 0 Å². The number of hydrogen-bond donors (Lipinski definition) is 3. The third-order valence-corrected chi connectivity index (χ3v) is 1.12. The Morgan fingerprint density at radius 2 is 1.55 bits per heavy atom. The van der Waals surface area contributed by atoms with Gasteiger partial charge < -0.3 is 20.1 Å². The Bertz CT molecular complexity index is 87.1. The molecule has 0 bridgehead atoms. The normalized spacial score (nSPS) is 10.7. The van der Waals surface area contributed by atoms with Crippen molar-refractivity contribution in [3.05, 3.63) is 0 Å². The number of rotatable bonds is 3. The molecule has 0 rings (SSSR count). The summed E-state index contributed by atoms with van der Waals surface area (Å²) >= 11 is 0. The lowest BCUT2D eigenvalue weighted by Crippen LogP contribution is -2.44. The molecule has 0 saturated carbocycles. The minimum atomic E-state index is -1.15. The first-order valence-electron chi connectivity index (χ1n) is 3.00. The van der Waals surface area contributed by atoms with Gasteiger partial charge in [-0.2, -0.15) is 0 Å². The fourth-order valence-electron chi connectivity index (χ4n) is 0.391. The molecule has 5 nitrogen and oxygen atoms in total. The maximum Gasteiger partial charge on any atom is 0.116 e. The first-order chi connectivity index (χ1) is 5.02. The third-order valence-electron chi connectivity index (χ3n) is 1.12. The zero-order chi connectivity index (χ0) is 9.49. The summed E-state index contributed by atoms with van der Waals surface area (Å²) in [6.07, 6.45) is 0. The lowest BCUT2D eigenvalue weighted by Gasteiger charge is -2.29. The van der Waals surface area contributed by atoms with Gasteiger partial charge in [0.25, 0.3) is 0 Å². The number of hydrogen-bond acceptors (Lipinski definition) is 5. The average molecular weight is 165 g/mol. The summed E-state index contributed by atoms with van der Waals surface area (Å²) in [6, 6.07) is 0. The lowest BCUT2D eigenvalue weighted by atomic mass is 10.3. The van der Waals surface area contributed by atoms with Gasteiger partial charge in [-0.05, 0) is 13.8 Å². The molecule has 0 aliphatic carbocycles. The first kappa shape index (κ1) is 13.1. The quantitative estimate of drug-likeness (QED) is 0.454. The lowest BCUT2D eigenvalue weighted by molar-refractivity contribution is -0.145. The average Bonchev–Trinajstić information content (AvgIpc) is 1.92. The molecule has 0 radical (unpaired) electrons. The van der Waals surface area contributed by atoms with E-state index in [1.54, 1.807) is 0 Å². The zero-order valence-electron chi connectivity index (χ0n) is 6.82. The van der Waals surface area contributed by atoms with Gasteiger partial charge in [-0.15, -0.1) is 0 Å². The van der Waals surface area contributed by atoms with Gasteiger partial charge >= 0.3 is 0 Å². The van der Waals surface area contributed by atoms with E-state index in [0.717, 1.165) is 4.90 Å². The van der Waals surface area contributed by atoms with Gasteiger partial charge in [-0.1, -0.05) is 0 Å². The van der Waals surface area contributed by atoms with Crippen molar-refractivity contribution in [2.45, 2.75) is 19.6 Å². The molecule has 11 heavy (non-hydrogen) atoms. The Labute approximate surface area is 65.9 Å². The van der Waals surface area contributed by atoms with Crippen molar-refractivity contribution in [1.82, 2.24) is 4.90 Å². The van der Waals surface area contributed by atoms with Crippen molar-refractivity contribution < 1.29 is 20.1 Å². The second-order valence-electron chi connectivity index (χ2n) is 2.32. The molecule has 68 valence electrons. The van der Waals surface area contributed by atoms with Crippen LogP contribution in [0.5, 0.6) is 0 Å². The molecule has 3 N–H and O–H groups in total. The molecule has 0 saturated heterocycles. The van der Waals surface area contributed by atoms with E-state index in [0.29, 0.717) is 0 Å². The maximum atomic E-state index is 9.08. The van der Waals surface area contributed by atoms with Crippen molar-refractivity contribution in [3.63, 3.8) is 0 Å². The molecule has 0 heterocycles. The van der Waals surface area contributed by atoms with Crippen LogP contribution in [0, 0.1) is 0 Å². The highest BCUT2D eigenvalue weighted by Crippen LogP contribution is 2.06. The predicted octanol–water partition coefficient (Wildman–Crippen LogP) is -1.27. The van der Waals surface area contributed by atoms with Gasteiger partial charge in [0.2, 0.25) is 0 Å². The minimum Gasteiger partial charge on any atom is -0.381 e. The van der Waals surface area contributed by atoms with E-state index in [9.17, 15) is 0 Å². The smallest absolute Gasteiger partial charge is 0.116 e. The Hall–Kier alpha value is -0.490. The predicted molar refractivity (Wildman–Crippen MR) is 39.4 cm³/mol. The van der Waals surface area contributed by atoms with Crippen LogP contribution in [0.25, 0.3) is 0 Å². The molecule has 0 aromatic rings. The van der Waals surface area contributed by atoms with Gasteiger partial charge in [-0.25, -0.2) is 4.90 Å². The standard InChI is InChI=1S/C5H13NO3.CH2O/c1-5(2,9)6(3-7)4-8;1-2/h7-9H,3-4H2,1-2H3;1H2. The number of aliphatic hydroxyl groups is 3. The van der Waals surface area contributed by atoms with E-state index >= 15 is 0 Å². The molecule has 0 atom stereocenters. The second-order valence-corrected chi connectivity index (χ2v) is 2.32. The summed E-state index contributed by atoms with van der Waals surface area (Å²) in [4.78, 5) is 9.10. The first-order valence-corrected chi connectivity index (χ1v) is 3.00. The van der Waals surface area contributed by atoms with Crippen LogP contribution in [0.2, 0.25) is 0 Å². The molecular weight excluding hydrogens is 150 g/mol. The monoisotopic (exact) mass is 165 g/mol. The summed E-state index contributed by atoms with van der Waals surface area (Å²) in [5.41, 5.74) is -1.15. The van der Waals surface area contributed by atoms with Crippen LogP contribution in [-0.4, -0.2) is 46.2 Å². The largest absolute Gasteiger partial charge is 0.381 e. The Morgan fingerprint density at radius 1 is 1.27 bits per heavy atom. The highest BCUT2D eigenvalue weighted by Gasteiger charge is 2.20. The van der Waals surface area contributed by atoms with Gasteiger partial charge in [0.05, 0.1) is 13.5 Å². The molecular formula is C6H15NO4. The van der Waals surface area contributed by atoms with Gasteiger partial charge in [0.1, 0.15) is 12.5 Å². The van der Waals surface area contributed by atoms with Crippen LogP contribution in [0.3, 0.4) is 0 Å². The van der Waals surface area contributed by atoms with Gasteiger partial charge in [-0.3, -0.25) is 0 Å². The van der Waals surface area contributed by atoms with Crippen molar-refractivity contribution >= 4 is 6.79 Å². The summed E-state index contributed by atoms with van der Waals surface area (Å²) in [5, 5.41) is 26.0. The molecule has 5 heteroatoms. The molecule has 0 unspecified atom stereocenters. The third kappa shape index (κ3) is 5.93. The van der Waals surface area contributed by atoms with E-state index in [1.807, 2.05) is 6.79 Å². The Balaban J connectivity index is 0. The van der Waals surface area contributed by atoms with Crippen LogP contribution in [0.15, 0.2) is 0 Å². The van der Waals surface area contributed by atoms with E-state index < -0.39 is 5.72 Å². The van der Waals surface area contributed by atoms with Crippen molar-refractivity contribution in [2.24, 2.45) is 0 Å². The summed E-state index contributed by atoms with van der Waals surface area (Å²) in [6.45, 7) is 4.28. The van der Waals surface area contributed by atoms with Crippen LogP contribution >= 0.6 is 0 Å². The molecule has 0 spiro atoms. The molecule has 0 fully saturated rings. The number of carbonyl (C=O) groups is 1. The maximum absolute atomic E-state index is 9.08. The molecule has 0 aromatic heterocycles. The van der Waals surface area contributed by atoms with E-state index in [2.05, 4.69) is 0 Å². The minimum absolute atomic E-state index is 0.347. The molecule has 0 aromatic carbocycles. The summed E-state index contributed by atoms with van der Waals surface area (Å²) in [7, 11) is 0. The Kier molecular flexibility index (Phi) is 7.44. The second kappa shape index (κ2) is 6.23. The van der Waals surface area contributed by atoms with E-state index in [1.165, 1.54) is 13.8 Å². The fourth-order valence-corrected chi connectivity index (χ4v) is 0.391. The van der Waals surface area contributed by atoms with Crippen molar-refractivity contribution in [3.8, 4) is 0 Å². The fraction of sp³-hybridized carbons (Fsp3) is 0.833. The van der Waals surface area contributed by atoms with Crippen LogP contribution < -0.4 is 0 Å². The van der Waals surface area contributed by atoms with Crippen LogP contribution in [0.1, 0.15) is 13.8 Å². The summed E-state index contributed by atoms with van der Waals surface area (Å²) in [5.74, 6) is 0. The number of nitrogens with zero attached hydrogens (tertiary/aromatic N) is 1. The van der Waals surface area contributed by atoms with Crippen molar-refractivity contribution in [1.29, 1.82) is 0 Å². The van der Waals surface area contributed by atoms with E-state index in [-0.39, 0.29) is 13.5 Å². The van der Waals surface area contributed by atoms with E-state index in [4.69, 9.17) is 20.1 Å². The molecule has 0 amide bonds. The highest BCUT2D eigenvalue weighted by molar-refractivity contribution is 5.10. The topological polar surface area (TPSA) is 81.0 Å².